The molecule has 1 aliphatic rings. The number of aromatic nitrogens is 1. The molecule has 2 aromatic rings. The number of aryl methyl sites for hydroxylation is 2. The molecule has 1 heterocycles. The number of allylic oxidation sites excluding steroid dienone is 1. The Labute approximate surface area is 157 Å². The zero-order chi connectivity index (χ0) is 18.9. The second-order valence-corrected chi connectivity index (χ2v) is 7.63. The van der Waals surface area contributed by atoms with Crippen molar-refractivity contribution in [1.29, 1.82) is 0 Å². The number of benzene rings is 1. The zero-order valence-electron chi connectivity index (χ0n) is 16.6. The number of hydrogen-bond donors (Lipinski definition) is 0. The van der Waals surface area contributed by atoms with Gasteiger partial charge in [-0.05, 0) is 49.1 Å². The highest BCUT2D eigenvalue weighted by molar-refractivity contribution is 5.90. The third-order valence-corrected chi connectivity index (χ3v) is 6.44. The summed E-state index contributed by atoms with van der Waals surface area (Å²) in [5.41, 5.74) is 5.35. The summed E-state index contributed by atoms with van der Waals surface area (Å²) in [5, 5.41) is 1.36. The van der Waals surface area contributed by atoms with Crippen LogP contribution in [0, 0.1) is 0 Å². The first-order chi connectivity index (χ1) is 12.5. The first-order valence-corrected chi connectivity index (χ1v) is 9.81. The molecule has 3 rings (SSSR count). The topological polar surface area (TPSA) is 31.2 Å². The van der Waals surface area contributed by atoms with E-state index in [1.165, 1.54) is 34.8 Å². The van der Waals surface area contributed by atoms with Gasteiger partial charge in [0.25, 0.3) is 0 Å². The lowest BCUT2D eigenvalue weighted by atomic mass is 9.65. The molecule has 0 N–H and O–H groups in total. The average Bonchev–Trinajstić information content (AvgIpc) is 2.98. The average molecular weight is 354 g/mol. The first-order valence-electron chi connectivity index (χ1n) is 9.81. The van der Waals surface area contributed by atoms with Gasteiger partial charge in [-0.2, -0.15) is 0 Å². The van der Waals surface area contributed by atoms with E-state index in [9.17, 15) is 4.79 Å². The second kappa shape index (κ2) is 7.30. The Balaban J connectivity index is 2.33. The van der Waals surface area contributed by atoms with E-state index < -0.39 is 0 Å². The molecule has 1 aromatic heterocycles. The van der Waals surface area contributed by atoms with Gasteiger partial charge in [-0.3, -0.25) is 4.79 Å². The molecule has 0 bridgehead atoms. The van der Waals surface area contributed by atoms with E-state index in [2.05, 4.69) is 50.2 Å². The van der Waals surface area contributed by atoms with Gasteiger partial charge in [0.1, 0.15) is 0 Å². The molecular weight excluding hydrogens is 322 g/mol. The maximum Gasteiger partial charge on any atom is 0.306 e. The molecule has 0 amide bonds. The molecule has 0 fully saturated rings. The maximum atomic E-state index is 12.3. The van der Waals surface area contributed by atoms with E-state index in [1.807, 2.05) is 6.08 Å². The maximum absolute atomic E-state index is 12.3. The molecule has 3 heteroatoms. The number of esters is 1. The lowest BCUT2D eigenvalue weighted by Gasteiger charge is -2.40. The minimum Gasteiger partial charge on any atom is -0.469 e. The van der Waals surface area contributed by atoms with Gasteiger partial charge in [-0.1, -0.05) is 38.1 Å². The molecule has 140 valence electrons. The third-order valence-electron chi connectivity index (χ3n) is 6.44. The number of carbonyl (C=O) groups is 1. The largest absolute Gasteiger partial charge is 0.469 e. The van der Waals surface area contributed by atoms with E-state index >= 15 is 0 Å². The molecule has 0 saturated carbocycles. The predicted octanol–water partition coefficient (Wildman–Crippen LogP) is 5.41. The van der Waals surface area contributed by atoms with Crippen molar-refractivity contribution in [3.8, 4) is 0 Å². The van der Waals surface area contributed by atoms with Crippen LogP contribution in [0.3, 0.4) is 0 Å². The fraction of sp³-hybridized carbons (Fsp3) is 0.522. The minimum absolute atomic E-state index is 0.110. The van der Waals surface area contributed by atoms with Crippen molar-refractivity contribution >= 4 is 16.9 Å². The molecule has 1 aromatic carbocycles. The Morgan fingerprint density at radius 1 is 1.42 bits per heavy atom. The van der Waals surface area contributed by atoms with E-state index in [0.717, 1.165) is 32.1 Å². The van der Waals surface area contributed by atoms with Gasteiger partial charge in [0.2, 0.25) is 0 Å². The van der Waals surface area contributed by atoms with E-state index in [0.29, 0.717) is 12.3 Å². The smallest absolute Gasteiger partial charge is 0.306 e. The van der Waals surface area contributed by atoms with Crippen LogP contribution >= 0.6 is 0 Å². The predicted molar refractivity (Wildman–Crippen MR) is 108 cm³/mol. The van der Waals surface area contributed by atoms with E-state index in [-0.39, 0.29) is 11.4 Å². The summed E-state index contributed by atoms with van der Waals surface area (Å²) in [6.07, 6.45) is 7.56. The van der Waals surface area contributed by atoms with Crippen LogP contribution < -0.4 is 0 Å². The summed E-state index contributed by atoms with van der Waals surface area (Å²) in [6.45, 7) is 8.40. The fourth-order valence-electron chi connectivity index (χ4n) is 5.10. The van der Waals surface area contributed by atoms with Crippen LogP contribution in [-0.2, 0) is 28.4 Å². The van der Waals surface area contributed by atoms with Crippen molar-refractivity contribution in [3.63, 3.8) is 0 Å². The van der Waals surface area contributed by atoms with Gasteiger partial charge in [-0.25, -0.2) is 0 Å². The normalized spacial score (nSPS) is 22.2. The van der Waals surface area contributed by atoms with Crippen LogP contribution in [0.1, 0.15) is 68.7 Å². The molecular formula is C23H31NO2. The number of hydrogen-bond acceptors (Lipinski definition) is 2. The third kappa shape index (κ3) is 2.78. The van der Waals surface area contributed by atoms with Crippen LogP contribution in [-0.4, -0.2) is 17.6 Å². The molecule has 26 heavy (non-hydrogen) atoms. The Morgan fingerprint density at radius 3 is 2.81 bits per heavy atom. The summed E-state index contributed by atoms with van der Waals surface area (Å²) in [5.74, 6) is 0.372. The molecule has 2 atom stereocenters. The van der Waals surface area contributed by atoms with E-state index in [4.69, 9.17) is 4.74 Å². The lowest BCUT2D eigenvalue weighted by Crippen LogP contribution is -2.36. The van der Waals surface area contributed by atoms with Gasteiger partial charge < -0.3 is 9.30 Å². The highest BCUT2D eigenvalue weighted by Gasteiger charge is 2.43. The number of rotatable bonds is 6. The fourth-order valence-corrected chi connectivity index (χ4v) is 5.10. The van der Waals surface area contributed by atoms with Crippen molar-refractivity contribution in [2.24, 2.45) is 7.05 Å². The van der Waals surface area contributed by atoms with Gasteiger partial charge in [0.15, 0.2) is 0 Å². The van der Waals surface area contributed by atoms with Crippen molar-refractivity contribution < 1.29 is 9.53 Å². The Bertz CT molecular complexity index is 832. The molecule has 0 radical (unpaired) electrons. The summed E-state index contributed by atoms with van der Waals surface area (Å²) in [6, 6.07) is 6.66. The number of para-hydroxylation sites is 1. The highest BCUT2D eigenvalue weighted by Crippen LogP contribution is 2.51. The minimum atomic E-state index is -0.140. The van der Waals surface area contributed by atoms with Crippen LogP contribution in [0.25, 0.3) is 10.9 Å². The van der Waals surface area contributed by atoms with Crippen LogP contribution in [0.5, 0.6) is 0 Å². The molecule has 0 aliphatic heterocycles. The number of carbonyl (C=O) groups excluding carboxylic acids is 1. The van der Waals surface area contributed by atoms with Crippen molar-refractivity contribution in [2.45, 2.75) is 63.7 Å². The standard InChI is InChI=1S/C23H31NO2/c1-6-10-17-13-14-23(8-3,15-19(25)26-5)22-20(17)18-12-9-11-16(7-2)21(18)24(22)4/h6,9,11-12,17H,1,7-8,10,13-15H2,2-5H3/t17-,23-/m0/s1. The molecule has 0 spiro atoms. The monoisotopic (exact) mass is 353 g/mol. The second-order valence-electron chi connectivity index (χ2n) is 7.63. The summed E-state index contributed by atoms with van der Waals surface area (Å²) in [7, 11) is 3.67. The molecule has 0 saturated heterocycles. The van der Waals surface area contributed by atoms with Crippen LogP contribution in [0.15, 0.2) is 30.9 Å². The number of methoxy groups -OCH3 is 1. The SMILES string of the molecule is C=CC[C@H]1CC[C@@](CC)(CC(=O)OC)c2c1c1cccc(CC)c1n2C. The summed E-state index contributed by atoms with van der Waals surface area (Å²) in [4.78, 5) is 12.3. The van der Waals surface area contributed by atoms with Crippen LogP contribution in [0.2, 0.25) is 0 Å². The van der Waals surface area contributed by atoms with Crippen molar-refractivity contribution in [1.82, 2.24) is 4.57 Å². The quantitative estimate of drug-likeness (QED) is 0.514. The van der Waals surface area contributed by atoms with E-state index in [1.54, 1.807) is 0 Å². The highest BCUT2D eigenvalue weighted by atomic mass is 16.5. The Kier molecular flexibility index (Phi) is 5.27. The number of ether oxygens (including phenoxy) is 1. The Hall–Kier alpha value is -2.03. The van der Waals surface area contributed by atoms with Gasteiger partial charge >= 0.3 is 5.97 Å². The van der Waals surface area contributed by atoms with Crippen LogP contribution in [0.4, 0.5) is 0 Å². The van der Waals surface area contributed by atoms with Gasteiger partial charge in [0.05, 0.1) is 19.0 Å². The zero-order valence-corrected chi connectivity index (χ0v) is 16.6. The first kappa shape index (κ1) is 18.8. The molecule has 3 nitrogen and oxygen atoms in total. The number of nitrogens with zero attached hydrogens (tertiary/aromatic N) is 1. The Morgan fingerprint density at radius 2 is 2.19 bits per heavy atom. The van der Waals surface area contributed by atoms with Gasteiger partial charge in [-0.15, -0.1) is 6.58 Å². The molecule has 0 unspecified atom stereocenters. The summed E-state index contributed by atoms with van der Waals surface area (Å²) >= 11 is 0. The van der Waals surface area contributed by atoms with Crippen molar-refractivity contribution in [3.05, 3.63) is 47.7 Å². The van der Waals surface area contributed by atoms with Crippen molar-refractivity contribution in [2.75, 3.05) is 7.11 Å². The van der Waals surface area contributed by atoms with Gasteiger partial charge in [0, 0.05) is 23.5 Å². The number of fused-ring (bicyclic) bond motifs is 3. The summed E-state index contributed by atoms with van der Waals surface area (Å²) < 4.78 is 7.44. The molecule has 1 aliphatic carbocycles. The lowest BCUT2D eigenvalue weighted by molar-refractivity contribution is -0.142.